The fourth-order valence-electron chi connectivity index (χ4n) is 2.32. The van der Waals surface area contributed by atoms with E-state index in [1.54, 1.807) is 0 Å². The van der Waals surface area contributed by atoms with Gasteiger partial charge < -0.3 is 10.6 Å². The van der Waals surface area contributed by atoms with Crippen LogP contribution < -0.4 is 5.73 Å². The van der Waals surface area contributed by atoms with E-state index in [2.05, 4.69) is 11.9 Å². The number of likely N-dealkylation sites (N-methyl/N-ethyl adjacent to an activating group) is 1. The van der Waals surface area contributed by atoms with Gasteiger partial charge in [-0.3, -0.25) is 0 Å². The van der Waals surface area contributed by atoms with E-state index in [0.717, 1.165) is 31.0 Å². The van der Waals surface area contributed by atoms with Gasteiger partial charge in [-0.15, -0.1) is 0 Å². The van der Waals surface area contributed by atoms with Crippen LogP contribution in [0.2, 0.25) is 5.02 Å². The fraction of sp³-hybridized carbons (Fsp3) is 0.500. The summed E-state index contributed by atoms with van der Waals surface area (Å²) in [6.07, 6.45) is 2.22. The van der Waals surface area contributed by atoms with E-state index in [4.69, 9.17) is 17.3 Å². The monoisotopic (exact) mass is 224 g/mol. The lowest BCUT2D eigenvalue weighted by molar-refractivity contribution is 0.179. The van der Waals surface area contributed by atoms with Gasteiger partial charge in [-0.1, -0.05) is 23.7 Å². The molecule has 1 aromatic rings. The Kier molecular flexibility index (Phi) is 3.01. The van der Waals surface area contributed by atoms with Crippen LogP contribution in [-0.2, 0) is 5.54 Å². The summed E-state index contributed by atoms with van der Waals surface area (Å²) in [7, 11) is 2.12. The Labute approximate surface area is 96.0 Å². The lowest BCUT2D eigenvalue weighted by Gasteiger charge is -2.39. The van der Waals surface area contributed by atoms with Gasteiger partial charge in [-0.25, -0.2) is 0 Å². The zero-order chi connectivity index (χ0) is 10.9. The van der Waals surface area contributed by atoms with E-state index in [-0.39, 0.29) is 5.54 Å². The van der Waals surface area contributed by atoms with E-state index in [1.807, 2.05) is 24.3 Å². The number of hydrogen-bond acceptors (Lipinski definition) is 2. The SMILES string of the molecule is CN1CCCC(N)(c2ccc(Cl)cc2)C1. The second kappa shape index (κ2) is 4.12. The van der Waals surface area contributed by atoms with Gasteiger partial charge in [0.2, 0.25) is 0 Å². The van der Waals surface area contributed by atoms with Crippen molar-refractivity contribution >= 4 is 11.6 Å². The van der Waals surface area contributed by atoms with Gasteiger partial charge in [0.05, 0.1) is 5.54 Å². The van der Waals surface area contributed by atoms with Gasteiger partial charge in [0.25, 0.3) is 0 Å². The molecule has 0 aromatic heterocycles. The molecule has 2 nitrogen and oxygen atoms in total. The average Bonchev–Trinajstić information content (AvgIpc) is 2.18. The first-order valence-electron chi connectivity index (χ1n) is 5.34. The predicted octanol–water partition coefficient (Wildman–Crippen LogP) is 2.22. The van der Waals surface area contributed by atoms with Gasteiger partial charge in [0, 0.05) is 11.6 Å². The Bertz CT molecular complexity index is 336. The third-order valence-electron chi connectivity index (χ3n) is 3.13. The van der Waals surface area contributed by atoms with Crippen molar-refractivity contribution in [3.63, 3.8) is 0 Å². The van der Waals surface area contributed by atoms with Crippen LogP contribution in [0.1, 0.15) is 18.4 Å². The van der Waals surface area contributed by atoms with Crippen LogP contribution in [0.25, 0.3) is 0 Å². The number of nitrogens with zero attached hydrogens (tertiary/aromatic N) is 1. The van der Waals surface area contributed by atoms with Crippen molar-refractivity contribution in [2.24, 2.45) is 5.73 Å². The average molecular weight is 225 g/mol. The van der Waals surface area contributed by atoms with Crippen LogP contribution in [0.4, 0.5) is 0 Å². The minimum Gasteiger partial charge on any atom is -0.320 e. The molecular formula is C12H17ClN2. The van der Waals surface area contributed by atoms with Crippen LogP contribution in [0.5, 0.6) is 0 Å². The highest BCUT2D eigenvalue weighted by Crippen LogP contribution is 2.29. The van der Waals surface area contributed by atoms with Crippen molar-refractivity contribution in [3.8, 4) is 0 Å². The second-order valence-electron chi connectivity index (χ2n) is 4.50. The number of likely N-dealkylation sites (tertiary alicyclic amines) is 1. The molecule has 0 radical (unpaired) electrons. The molecule has 82 valence electrons. The molecule has 1 unspecified atom stereocenters. The quantitative estimate of drug-likeness (QED) is 0.793. The lowest BCUT2D eigenvalue weighted by atomic mass is 9.83. The predicted molar refractivity (Wildman–Crippen MR) is 64.0 cm³/mol. The van der Waals surface area contributed by atoms with E-state index in [0.29, 0.717) is 0 Å². The standard InChI is InChI=1S/C12H17ClN2/c1-15-8-2-7-12(14,9-15)10-3-5-11(13)6-4-10/h3-6H,2,7-9,14H2,1H3. The molecule has 1 aromatic carbocycles. The molecule has 2 N–H and O–H groups in total. The summed E-state index contributed by atoms with van der Waals surface area (Å²) in [4.78, 5) is 2.29. The van der Waals surface area contributed by atoms with Gasteiger partial charge in [-0.05, 0) is 44.1 Å². The summed E-state index contributed by atoms with van der Waals surface area (Å²) >= 11 is 5.87. The highest BCUT2D eigenvalue weighted by atomic mass is 35.5. The Morgan fingerprint density at radius 3 is 2.60 bits per heavy atom. The molecule has 1 fully saturated rings. The minimum absolute atomic E-state index is 0.197. The maximum atomic E-state index is 6.44. The van der Waals surface area contributed by atoms with Crippen LogP contribution in [-0.4, -0.2) is 25.0 Å². The topological polar surface area (TPSA) is 29.3 Å². The molecule has 1 atom stereocenters. The Balaban J connectivity index is 2.24. The van der Waals surface area contributed by atoms with Crippen molar-refractivity contribution < 1.29 is 0 Å². The van der Waals surface area contributed by atoms with E-state index in [1.165, 1.54) is 5.56 Å². The summed E-state index contributed by atoms with van der Waals surface area (Å²) < 4.78 is 0. The molecule has 0 aliphatic carbocycles. The van der Waals surface area contributed by atoms with Gasteiger partial charge in [0.1, 0.15) is 0 Å². The summed E-state index contributed by atoms with van der Waals surface area (Å²) in [5.74, 6) is 0. The summed E-state index contributed by atoms with van der Waals surface area (Å²) in [6, 6.07) is 7.92. The minimum atomic E-state index is -0.197. The molecule has 1 saturated heterocycles. The van der Waals surface area contributed by atoms with E-state index < -0.39 is 0 Å². The van der Waals surface area contributed by atoms with Crippen molar-refractivity contribution in [1.29, 1.82) is 0 Å². The maximum absolute atomic E-state index is 6.44. The lowest BCUT2D eigenvalue weighted by Crippen LogP contribution is -2.50. The number of piperidine rings is 1. The highest BCUT2D eigenvalue weighted by Gasteiger charge is 2.31. The first-order valence-corrected chi connectivity index (χ1v) is 5.71. The molecule has 3 heteroatoms. The maximum Gasteiger partial charge on any atom is 0.0538 e. The number of hydrogen-bond donors (Lipinski definition) is 1. The Morgan fingerprint density at radius 2 is 2.00 bits per heavy atom. The Morgan fingerprint density at radius 1 is 1.33 bits per heavy atom. The fourth-order valence-corrected chi connectivity index (χ4v) is 2.45. The van der Waals surface area contributed by atoms with Gasteiger partial charge in [-0.2, -0.15) is 0 Å². The van der Waals surface area contributed by atoms with Crippen LogP contribution in [0.15, 0.2) is 24.3 Å². The summed E-state index contributed by atoms with van der Waals surface area (Å²) in [5.41, 5.74) is 7.43. The van der Waals surface area contributed by atoms with Crippen molar-refractivity contribution in [1.82, 2.24) is 4.90 Å². The largest absolute Gasteiger partial charge is 0.320 e. The molecule has 0 bridgehead atoms. The highest BCUT2D eigenvalue weighted by molar-refractivity contribution is 6.30. The van der Waals surface area contributed by atoms with E-state index >= 15 is 0 Å². The molecule has 1 heterocycles. The normalized spacial score (nSPS) is 27.9. The number of nitrogens with two attached hydrogens (primary N) is 1. The van der Waals surface area contributed by atoms with Crippen molar-refractivity contribution in [2.75, 3.05) is 20.1 Å². The number of benzene rings is 1. The van der Waals surface area contributed by atoms with Gasteiger partial charge in [0.15, 0.2) is 0 Å². The molecule has 1 aliphatic heterocycles. The van der Waals surface area contributed by atoms with Gasteiger partial charge >= 0.3 is 0 Å². The summed E-state index contributed by atoms with van der Waals surface area (Å²) in [5, 5.41) is 0.770. The third-order valence-corrected chi connectivity index (χ3v) is 3.39. The second-order valence-corrected chi connectivity index (χ2v) is 4.94. The molecule has 2 rings (SSSR count). The molecule has 15 heavy (non-hydrogen) atoms. The van der Waals surface area contributed by atoms with Crippen LogP contribution in [0.3, 0.4) is 0 Å². The molecule has 1 aliphatic rings. The first kappa shape index (κ1) is 10.9. The molecule has 0 spiro atoms. The molecular weight excluding hydrogens is 208 g/mol. The number of rotatable bonds is 1. The smallest absolute Gasteiger partial charge is 0.0538 e. The number of halogens is 1. The van der Waals surface area contributed by atoms with Crippen LogP contribution >= 0.6 is 11.6 Å². The van der Waals surface area contributed by atoms with Crippen molar-refractivity contribution in [3.05, 3.63) is 34.9 Å². The zero-order valence-electron chi connectivity index (χ0n) is 9.04. The third kappa shape index (κ3) is 2.33. The first-order chi connectivity index (χ1) is 7.10. The zero-order valence-corrected chi connectivity index (χ0v) is 9.80. The molecule has 0 saturated carbocycles. The molecule has 0 amide bonds. The van der Waals surface area contributed by atoms with E-state index in [9.17, 15) is 0 Å². The Hall–Kier alpha value is -0.570. The van der Waals surface area contributed by atoms with Crippen LogP contribution in [0, 0.1) is 0 Å². The summed E-state index contributed by atoms with van der Waals surface area (Å²) in [6.45, 7) is 2.07. The van der Waals surface area contributed by atoms with Crippen molar-refractivity contribution in [2.45, 2.75) is 18.4 Å².